The summed E-state index contributed by atoms with van der Waals surface area (Å²) in [5.41, 5.74) is 3.59. The number of ether oxygens (including phenoxy) is 1. The fraction of sp³-hybridized carbons (Fsp3) is 0.176. The molecule has 4 rings (SSSR count). The number of benzene rings is 1. The zero-order chi connectivity index (χ0) is 16.7. The first-order valence-corrected chi connectivity index (χ1v) is 8.36. The van der Waals surface area contributed by atoms with E-state index in [0.29, 0.717) is 17.4 Å². The lowest BCUT2D eigenvalue weighted by Gasteiger charge is -2.20. The van der Waals surface area contributed by atoms with E-state index in [9.17, 15) is 4.79 Å². The van der Waals surface area contributed by atoms with Gasteiger partial charge in [0.1, 0.15) is 11.6 Å². The number of nitrogens with zero attached hydrogens (tertiary/aromatic N) is 1. The summed E-state index contributed by atoms with van der Waals surface area (Å²) in [4.78, 5) is 17.5. The molecular formula is C17H16N4O2S. The molecule has 1 saturated heterocycles. The van der Waals surface area contributed by atoms with Gasteiger partial charge in [0, 0.05) is 18.3 Å². The van der Waals surface area contributed by atoms with Gasteiger partial charge in [0.15, 0.2) is 5.76 Å². The lowest BCUT2D eigenvalue weighted by atomic mass is 10.1. The molecule has 24 heavy (non-hydrogen) atoms. The summed E-state index contributed by atoms with van der Waals surface area (Å²) in [5, 5.41) is 10.3. The Morgan fingerprint density at radius 1 is 1.29 bits per heavy atom. The molecular weight excluding hydrogens is 324 g/mol. The Labute approximate surface area is 143 Å². The van der Waals surface area contributed by atoms with Crippen LogP contribution < -0.4 is 16.0 Å². The normalized spacial score (nSPS) is 19.8. The second-order valence-corrected chi connectivity index (χ2v) is 6.51. The Kier molecular flexibility index (Phi) is 3.50. The number of nitrogens with one attached hydrogen (secondary N) is 3. The van der Waals surface area contributed by atoms with Gasteiger partial charge in [-0.15, -0.1) is 11.3 Å². The van der Waals surface area contributed by atoms with Crippen LogP contribution in [0.5, 0.6) is 0 Å². The van der Waals surface area contributed by atoms with Gasteiger partial charge in [-0.05, 0) is 24.6 Å². The Hall–Kier alpha value is -2.80. The highest BCUT2D eigenvalue weighted by Crippen LogP contribution is 2.42. The number of rotatable bonds is 2. The minimum atomic E-state index is -0.115. The number of aliphatic imine (C=N–C) groups is 1. The van der Waals surface area contributed by atoms with E-state index in [1.807, 2.05) is 37.3 Å². The van der Waals surface area contributed by atoms with E-state index in [1.165, 1.54) is 11.3 Å². The number of hydrogen-bond donors (Lipinski definition) is 3. The predicted molar refractivity (Wildman–Crippen MR) is 96.4 cm³/mol. The monoisotopic (exact) mass is 340 g/mol. The molecule has 0 unspecified atom stereocenters. The fourth-order valence-corrected chi connectivity index (χ4v) is 3.76. The van der Waals surface area contributed by atoms with Crippen molar-refractivity contribution in [2.45, 2.75) is 6.92 Å². The minimum Gasteiger partial charge on any atom is -0.484 e. The third-order valence-electron chi connectivity index (χ3n) is 3.90. The van der Waals surface area contributed by atoms with Crippen molar-refractivity contribution < 1.29 is 9.53 Å². The van der Waals surface area contributed by atoms with Crippen LogP contribution in [0, 0.1) is 6.92 Å². The summed E-state index contributed by atoms with van der Waals surface area (Å²) >= 11 is 1.42. The van der Waals surface area contributed by atoms with E-state index in [2.05, 4.69) is 20.9 Å². The van der Waals surface area contributed by atoms with Gasteiger partial charge in [-0.3, -0.25) is 9.79 Å². The molecule has 0 spiro atoms. The van der Waals surface area contributed by atoms with E-state index in [4.69, 9.17) is 4.74 Å². The molecule has 3 heterocycles. The van der Waals surface area contributed by atoms with E-state index >= 15 is 0 Å². The first-order chi connectivity index (χ1) is 11.7. The number of epoxide rings is 1. The molecule has 2 aliphatic heterocycles. The summed E-state index contributed by atoms with van der Waals surface area (Å²) in [6, 6.07) is 9.44. The third-order valence-corrected chi connectivity index (χ3v) is 5.11. The maximum Gasteiger partial charge on any atom is 0.266 e. The number of fused-ring (bicyclic) bond motifs is 1. The summed E-state index contributed by atoms with van der Waals surface area (Å²) in [7, 11) is 1.71. The van der Waals surface area contributed by atoms with Crippen LogP contribution >= 0.6 is 11.3 Å². The van der Waals surface area contributed by atoms with Gasteiger partial charge in [-0.1, -0.05) is 18.2 Å². The second-order valence-electron chi connectivity index (χ2n) is 5.49. The van der Waals surface area contributed by atoms with E-state index in [1.54, 1.807) is 7.05 Å². The summed E-state index contributed by atoms with van der Waals surface area (Å²) in [6.07, 6.45) is 0. The molecule has 0 atom stereocenters. The lowest BCUT2D eigenvalue weighted by Crippen LogP contribution is -2.33. The lowest BCUT2D eigenvalue weighted by molar-refractivity contribution is 0.103. The number of thiophene rings is 1. The first kappa shape index (κ1) is 14.8. The number of para-hydroxylation sites is 1. The van der Waals surface area contributed by atoms with Gasteiger partial charge in [0.25, 0.3) is 5.91 Å². The van der Waals surface area contributed by atoms with E-state index < -0.39 is 0 Å². The van der Waals surface area contributed by atoms with Gasteiger partial charge in [0.05, 0.1) is 10.6 Å². The van der Waals surface area contributed by atoms with E-state index in [-0.39, 0.29) is 5.91 Å². The highest BCUT2D eigenvalue weighted by atomic mass is 32.1. The zero-order valence-corrected chi connectivity index (χ0v) is 14.1. The van der Waals surface area contributed by atoms with Gasteiger partial charge in [0.2, 0.25) is 5.96 Å². The van der Waals surface area contributed by atoms with Crippen LogP contribution in [0.1, 0.15) is 20.8 Å². The van der Waals surface area contributed by atoms with Crippen molar-refractivity contribution in [3.05, 3.63) is 52.1 Å². The molecule has 6 nitrogen and oxygen atoms in total. The van der Waals surface area contributed by atoms with Crippen molar-refractivity contribution in [2.24, 2.45) is 4.99 Å². The molecule has 1 amide bonds. The Morgan fingerprint density at radius 3 is 2.71 bits per heavy atom. The van der Waals surface area contributed by atoms with Crippen LogP contribution in [-0.2, 0) is 4.74 Å². The standard InChI is InChI=1S/C17H16N4O2S/c1-9-12-13(11-8-23-11)20-17(18-2)21-16(12)24-14(9)15(22)19-10-6-4-3-5-7-10/h3-7H,8H2,1-2H3,(H,19,22)(H2,18,20,21). The van der Waals surface area contributed by atoms with Crippen LogP contribution in [0.4, 0.5) is 10.7 Å². The Balaban J connectivity index is 1.72. The molecule has 1 fully saturated rings. The van der Waals surface area contributed by atoms with Crippen LogP contribution in [-0.4, -0.2) is 25.5 Å². The number of guanidine groups is 1. The SMILES string of the molecule is CN=C1NC(=C2CO2)c2c(sc(C(=O)Nc3ccccc3)c2C)N1. The third kappa shape index (κ3) is 2.52. The smallest absolute Gasteiger partial charge is 0.266 e. The molecule has 0 saturated carbocycles. The highest BCUT2D eigenvalue weighted by molar-refractivity contribution is 7.18. The summed E-state index contributed by atoms with van der Waals surface area (Å²) in [5.74, 6) is 1.43. The molecule has 1 aromatic carbocycles. The molecule has 2 aromatic rings. The zero-order valence-electron chi connectivity index (χ0n) is 13.3. The van der Waals surface area contributed by atoms with Crippen molar-refractivity contribution in [1.29, 1.82) is 0 Å². The molecule has 0 aliphatic carbocycles. The molecule has 2 aliphatic rings. The Morgan fingerprint density at radius 2 is 2.04 bits per heavy atom. The summed E-state index contributed by atoms with van der Waals surface area (Å²) < 4.78 is 5.36. The van der Waals surface area contributed by atoms with Gasteiger partial charge >= 0.3 is 0 Å². The fourth-order valence-electron chi connectivity index (χ4n) is 2.65. The molecule has 0 bridgehead atoms. The topological polar surface area (TPSA) is 78.0 Å². The number of anilines is 2. The number of carbonyl (C=O) groups excluding carboxylic acids is 1. The largest absolute Gasteiger partial charge is 0.484 e. The van der Waals surface area contributed by atoms with Crippen LogP contribution in [0.15, 0.2) is 41.1 Å². The number of hydrogen-bond acceptors (Lipinski definition) is 4. The Bertz CT molecular complexity index is 877. The summed E-state index contributed by atoms with van der Waals surface area (Å²) in [6.45, 7) is 2.56. The molecule has 1 aromatic heterocycles. The van der Waals surface area contributed by atoms with Gasteiger partial charge in [-0.25, -0.2) is 0 Å². The maximum absolute atomic E-state index is 12.7. The van der Waals surface area contributed by atoms with Gasteiger partial charge in [-0.2, -0.15) is 0 Å². The highest BCUT2D eigenvalue weighted by Gasteiger charge is 2.32. The molecule has 122 valence electrons. The maximum atomic E-state index is 12.7. The molecule has 3 N–H and O–H groups in total. The predicted octanol–water partition coefficient (Wildman–Crippen LogP) is 3.01. The van der Waals surface area contributed by atoms with Crippen LogP contribution in [0.2, 0.25) is 0 Å². The molecule has 7 heteroatoms. The van der Waals surface area contributed by atoms with Crippen molar-refractivity contribution >= 4 is 39.6 Å². The average Bonchev–Trinajstić information content (AvgIpc) is 3.39. The minimum absolute atomic E-state index is 0.115. The van der Waals surface area contributed by atoms with Crippen molar-refractivity contribution in [3.8, 4) is 0 Å². The van der Waals surface area contributed by atoms with Crippen molar-refractivity contribution in [3.63, 3.8) is 0 Å². The molecule has 0 radical (unpaired) electrons. The van der Waals surface area contributed by atoms with Gasteiger partial charge < -0.3 is 20.7 Å². The van der Waals surface area contributed by atoms with Crippen molar-refractivity contribution in [1.82, 2.24) is 5.32 Å². The van der Waals surface area contributed by atoms with Crippen LogP contribution in [0.3, 0.4) is 0 Å². The number of carbonyl (C=O) groups is 1. The van der Waals surface area contributed by atoms with Crippen LogP contribution in [0.25, 0.3) is 5.70 Å². The quantitative estimate of drug-likeness (QED) is 0.735. The van der Waals surface area contributed by atoms with E-state index in [0.717, 1.165) is 33.3 Å². The number of amides is 1. The first-order valence-electron chi connectivity index (χ1n) is 7.54. The van der Waals surface area contributed by atoms with Crippen molar-refractivity contribution in [2.75, 3.05) is 24.3 Å². The average molecular weight is 340 g/mol. The second kappa shape index (κ2) is 5.68.